The second-order valence-corrected chi connectivity index (χ2v) is 9.34. The van der Waals surface area contributed by atoms with Crippen LogP contribution in [0.1, 0.15) is 37.5 Å². The molecule has 0 aliphatic heterocycles. The molecule has 1 N–H and O–H groups in total. The van der Waals surface area contributed by atoms with E-state index in [0.29, 0.717) is 11.5 Å². The number of aryl methyl sites for hydroxylation is 2. The van der Waals surface area contributed by atoms with Crippen molar-refractivity contribution >= 4 is 10.0 Å². The van der Waals surface area contributed by atoms with Gasteiger partial charge in [0.15, 0.2) is 0 Å². The summed E-state index contributed by atoms with van der Waals surface area (Å²) in [7, 11) is -2.21. The van der Waals surface area contributed by atoms with Crippen molar-refractivity contribution in [1.29, 1.82) is 0 Å². The summed E-state index contributed by atoms with van der Waals surface area (Å²) in [5.41, 5.74) is 3.18. The van der Waals surface area contributed by atoms with Crippen LogP contribution < -0.4 is 14.2 Å². The van der Waals surface area contributed by atoms with Gasteiger partial charge in [0.2, 0.25) is 10.0 Å². The zero-order valence-corrected chi connectivity index (χ0v) is 17.7. The van der Waals surface area contributed by atoms with Crippen LogP contribution in [0.2, 0.25) is 0 Å². The Morgan fingerprint density at radius 2 is 1.59 bits per heavy atom. The maximum atomic E-state index is 12.6. The van der Waals surface area contributed by atoms with Crippen LogP contribution in [0.4, 0.5) is 0 Å². The lowest BCUT2D eigenvalue weighted by Gasteiger charge is -2.19. The molecule has 0 atom stereocenters. The third-order valence-corrected chi connectivity index (χ3v) is 5.93. The fourth-order valence-electron chi connectivity index (χ4n) is 2.61. The van der Waals surface area contributed by atoms with E-state index in [-0.39, 0.29) is 23.5 Å². The molecule has 2 rings (SSSR count). The highest BCUT2D eigenvalue weighted by molar-refractivity contribution is 7.89. The van der Waals surface area contributed by atoms with Gasteiger partial charge in [-0.25, -0.2) is 13.1 Å². The number of rotatable bonds is 7. The van der Waals surface area contributed by atoms with Gasteiger partial charge in [-0.05, 0) is 60.2 Å². The van der Waals surface area contributed by atoms with Crippen molar-refractivity contribution in [2.45, 2.75) is 44.9 Å². The van der Waals surface area contributed by atoms with Crippen molar-refractivity contribution in [2.75, 3.05) is 20.3 Å². The highest BCUT2D eigenvalue weighted by atomic mass is 32.2. The first-order valence-electron chi connectivity index (χ1n) is 8.93. The molecule has 0 aliphatic carbocycles. The number of ether oxygens (including phenoxy) is 2. The van der Waals surface area contributed by atoms with Crippen molar-refractivity contribution in [3.63, 3.8) is 0 Å². The monoisotopic (exact) mass is 391 g/mol. The quantitative estimate of drug-likeness (QED) is 0.726. The van der Waals surface area contributed by atoms with E-state index >= 15 is 0 Å². The maximum Gasteiger partial charge on any atom is 0.244 e. The van der Waals surface area contributed by atoms with E-state index in [1.54, 1.807) is 12.1 Å². The van der Waals surface area contributed by atoms with Gasteiger partial charge in [0.05, 0.1) is 7.11 Å². The summed E-state index contributed by atoms with van der Waals surface area (Å²) >= 11 is 0. The van der Waals surface area contributed by atoms with E-state index in [2.05, 4.69) is 25.5 Å². The minimum atomic E-state index is -3.68. The molecule has 0 saturated heterocycles. The number of methoxy groups -OCH3 is 1. The summed E-state index contributed by atoms with van der Waals surface area (Å²) in [4.78, 5) is 0.141. The first-order valence-corrected chi connectivity index (χ1v) is 10.4. The SMILES string of the molecule is COc1cc(C)c(C)cc1S(=O)(=O)NCCOc1ccc(C(C)(C)C)cc1. The first-order chi connectivity index (χ1) is 12.5. The summed E-state index contributed by atoms with van der Waals surface area (Å²) in [6.45, 7) is 10.6. The van der Waals surface area contributed by atoms with Crippen molar-refractivity contribution in [1.82, 2.24) is 4.72 Å². The van der Waals surface area contributed by atoms with Crippen LogP contribution in [-0.2, 0) is 15.4 Å². The molecule has 6 heteroatoms. The Bertz CT molecular complexity index is 882. The van der Waals surface area contributed by atoms with Gasteiger partial charge in [-0.1, -0.05) is 32.9 Å². The normalized spacial score (nSPS) is 12.1. The number of nitrogens with one attached hydrogen (secondary N) is 1. The number of hydrogen-bond donors (Lipinski definition) is 1. The van der Waals surface area contributed by atoms with Gasteiger partial charge >= 0.3 is 0 Å². The maximum absolute atomic E-state index is 12.6. The highest BCUT2D eigenvalue weighted by Crippen LogP contribution is 2.27. The molecule has 5 nitrogen and oxygen atoms in total. The minimum Gasteiger partial charge on any atom is -0.495 e. The average Bonchev–Trinajstić information content (AvgIpc) is 2.60. The summed E-state index contributed by atoms with van der Waals surface area (Å²) in [5.74, 6) is 1.05. The molecule has 0 fully saturated rings. The van der Waals surface area contributed by atoms with Crippen LogP contribution >= 0.6 is 0 Å². The largest absolute Gasteiger partial charge is 0.495 e. The van der Waals surface area contributed by atoms with Gasteiger partial charge in [0.1, 0.15) is 23.0 Å². The van der Waals surface area contributed by atoms with Crippen LogP contribution in [0.25, 0.3) is 0 Å². The fourth-order valence-corrected chi connectivity index (χ4v) is 3.85. The van der Waals surface area contributed by atoms with Gasteiger partial charge in [0, 0.05) is 6.54 Å². The zero-order chi connectivity index (χ0) is 20.2. The topological polar surface area (TPSA) is 64.6 Å². The van der Waals surface area contributed by atoms with E-state index in [1.165, 1.54) is 12.7 Å². The molecule has 148 valence electrons. The van der Waals surface area contributed by atoms with Gasteiger partial charge in [-0.3, -0.25) is 0 Å². The zero-order valence-electron chi connectivity index (χ0n) is 16.9. The summed E-state index contributed by atoms with van der Waals surface area (Å²) in [5, 5.41) is 0. The molecule has 27 heavy (non-hydrogen) atoms. The number of hydrogen-bond acceptors (Lipinski definition) is 4. The molecule has 0 saturated carbocycles. The molecule has 0 bridgehead atoms. The fraction of sp³-hybridized carbons (Fsp3) is 0.429. The van der Waals surface area contributed by atoms with Gasteiger partial charge < -0.3 is 9.47 Å². The van der Waals surface area contributed by atoms with Gasteiger partial charge in [-0.15, -0.1) is 0 Å². The molecule has 0 aromatic heterocycles. The molecule has 2 aromatic carbocycles. The Labute approximate surface area is 162 Å². The molecule has 0 heterocycles. The summed E-state index contributed by atoms with van der Waals surface area (Å²) in [6, 6.07) is 11.2. The van der Waals surface area contributed by atoms with E-state index in [9.17, 15) is 8.42 Å². The summed E-state index contributed by atoms with van der Waals surface area (Å²) < 4.78 is 38.6. The Kier molecular flexibility index (Phi) is 6.54. The molecule has 0 unspecified atom stereocenters. The van der Waals surface area contributed by atoms with Crippen LogP contribution in [0.5, 0.6) is 11.5 Å². The molecule has 0 radical (unpaired) electrons. The van der Waals surface area contributed by atoms with Gasteiger partial charge in [-0.2, -0.15) is 0 Å². The third kappa shape index (κ3) is 5.47. The molecule has 0 aliphatic rings. The van der Waals surface area contributed by atoms with Crippen molar-refractivity contribution in [3.8, 4) is 11.5 Å². The van der Waals surface area contributed by atoms with E-state index < -0.39 is 10.0 Å². The second-order valence-electron chi connectivity index (χ2n) is 7.61. The lowest BCUT2D eigenvalue weighted by Crippen LogP contribution is -2.28. The molecule has 0 spiro atoms. The Balaban J connectivity index is 1.98. The van der Waals surface area contributed by atoms with Gasteiger partial charge in [0.25, 0.3) is 0 Å². The van der Waals surface area contributed by atoms with Crippen LogP contribution in [0.3, 0.4) is 0 Å². The first kappa shape index (κ1) is 21.3. The van der Waals surface area contributed by atoms with Crippen molar-refractivity contribution in [3.05, 3.63) is 53.1 Å². The molecule has 2 aromatic rings. The predicted octanol–water partition coefficient (Wildman–Crippen LogP) is 3.97. The smallest absolute Gasteiger partial charge is 0.244 e. The van der Waals surface area contributed by atoms with Crippen LogP contribution in [-0.4, -0.2) is 28.7 Å². The second kappa shape index (κ2) is 8.31. The van der Waals surface area contributed by atoms with E-state index in [0.717, 1.165) is 11.1 Å². The third-order valence-electron chi connectivity index (χ3n) is 4.45. The highest BCUT2D eigenvalue weighted by Gasteiger charge is 2.20. The standard InChI is InChI=1S/C21H29NO4S/c1-15-13-19(25-6)20(14-16(15)2)27(23,24)22-11-12-26-18-9-7-17(8-10-18)21(3,4)5/h7-10,13-14,22H,11-12H2,1-6H3. The molecular weight excluding hydrogens is 362 g/mol. The van der Waals surface area contributed by atoms with Crippen LogP contribution in [0.15, 0.2) is 41.3 Å². The lowest BCUT2D eigenvalue weighted by molar-refractivity contribution is 0.322. The number of benzene rings is 2. The summed E-state index contributed by atoms with van der Waals surface area (Å²) in [6.07, 6.45) is 0. The minimum absolute atomic E-state index is 0.0827. The Hall–Kier alpha value is -2.05. The molecular formula is C21H29NO4S. The Morgan fingerprint density at radius 3 is 2.15 bits per heavy atom. The van der Waals surface area contributed by atoms with E-state index in [4.69, 9.17) is 9.47 Å². The average molecular weight is 392 g/mol. The number of sulfonamides is 1. The predicted molar refractivity (Wildman–Crippen MR) is 108 cm³/mol. The van der Waals surface area contributed by atoms with E-state index in [1.807, 2.05) is 38.1 Å². The molecule has 0 amide bonds. The van der Waals surface area contributed by atoms with Crippen LogP contribution in [0, 0.1) is 13.8 Å². The van der Waals surface area contributed by atoms with Crippen molar-refractivity contribution in [2.24, 2.45) is 0 Å². The lowest BCUT2D eigenvalue weighted by atomic mass is 9.87. The Morgan fingerprint density at radius 1 is 1.00 bits per heavy atom. The van der Waals surface area contributed by atoms with Crippen molar-refractivity contribution < 1.29 is 17.9 Å².